The van der Waals surface area contributed by atoms with Crippen molar-refractivity contribution in [2.24, 2.45) is 11.8 Å². The summed E-state index contributed by atoms with van der Waals surface area (Å²) in [7, 11) is 1.44. The molecule has 1 aliphatic heterocycles. The van der Waals surface area contributed by atoms with E-state index < -0.39 is 0 Å². The van der Waals surface area contributed by atoms with Crippen LogP contribution in [0.2, 0.25) is 0 Å². The SMILES string of the molecule is CCC(CC)CC1=C(c2ccc(CC3CN(CCCF)C3)cc2)c2ccc(C(=O)OC)cc2CCC1. The summed E-state index contributed by atoms with van der Waals surface area (Å²) in [4.78, 5) is 14.6. The molecule has 4 rings (SSSR count). The summed E-state index contributed by atoms with van der Waals surface area (Å²) in [5.41, 5.74) is 8.76. The lowest BCUT2D eigenvalue weighted by molar-refractivity contribution is 0.0600. The van der Waals surface area contributed by atoms with Crippen LogP contribution in [-0.4, -0.2) is 44.3 Å². The maximum absolute atomic E-state index is 12.4. The van der Waals surface area contributed by atoms with Crippen molar-refractivity contribution in [1.29, 1.82) is 0 Å². The van der Waals surface area contributed by atoms with Gasteiger partial charge in [0.1, 0.15) is 0 Å². The number of hydrogen-bond acceptors (Lipinski definition) is 3. The first-order chi connectivity index (χ1) is 17.6. The van der Waals surface area contributed by atoms with Gasteiger partial charge < -0.3 is 9.64 Å². The van der Waals surface area contributed by atoms with Crippen LogP contribution in [-0.2, 0) is 17.6 Å². The zero-order valence-electron chi connectivity index (χ0n) is 22.3. The molecule has 194 valence electrons. The average Bonchev–Trinajstić information content (AvgIpc) is 3.06. The van der Waals surface area contributed by atoms with Crippen LogP contribution >= 0.6 is 0 Å². The molecule has 0 aromatic heterocycles. The van der Waals surface area contributed by atoms with Crippen LogP contribution in [0, 0.1) is 11.8 Å². The van der Waals surface area contributed by atoms with E-state index >= 15 is 0 Å². The van der Waals surface area contributed by atoms with E-state index in [2.05, 4.69) is 49.1 Å². The van der Waals surface area contributed by atoms with Gasteiger partial charge in [-0.1, -0.05) is 62.6 Å². The minimum Gasteiger partial charge on any atom is -0.465 e. The van der Waals surface area contributed by atoms with Gasteiger partial charge in [-0.25, -0.2) is 4.79 Å². The lowest BCUT2D eigenvalue weighted by Crippen LogP contribution is -2.47. The molecule has 0 spiro atoms. The Labute approximate surface area is 216 Å². The van der Waals surface area contributed by atoms with Crippen LogP contribution in [0.25, 0.3) is 5.57 Å². The molecule has 2 aromatic carbocycles. The van der Waals surface area contributed by atoms with Crippen molar-refractivity contribution >= 4 is 11.5 Å². The van der Waals surface area contributed by atoms with Crippen molar-refractivity contribution < 1.29 is 13.9 Å². The highest BCUT2D eigenvalue weighted by Gasteiger charge is 2.26. The number of nitrogens with zero attached hydrogens (tertiary/aromatic N) is 1. The van der Waals surface area contributed by atoms with E-state index in [1.165, 1.54) is 47.8 Å². The van der Waals surface area contributed by atoms with E-state index in [4.69, 9.17) is 4.74 Å². The fourth-order valence-corrected chi connectivity index (χ4v) is 6.00. The number of alkyl halides is 1. The summed E-state index contributed by atoms with van der Waals surface area (Å²) >= 11 is 0. The molecule has 1 heterocycles. The average molecular weight is 492 g/mol. The summed E-state index contributed by atoms with van der Waals surface area (Å²) in [6.07, 6.45) is 8.47. The lowest BCUT2D eigenvalue weighted by Gasteiger charge is -2.39. The van der Waals surface area contributed by atoms with Crippen LogP contribution in [0.4, 0.5) is 4.39 Å². The van der Waals surface area contributed by atoms with Crippen LogP contribution < -0.4 is 0 Å². The second-order valence-corrected chi connectivity index (χ2v) is 10.7. The van der Waals surface area contributed by atoms with Gasteiger partial charge in [0.05, 0.1) is 19.3 Å². The monoisotopic (exact) mass is 491 g/mol. The molecule has 0 amide bonds. The Morgan fingerprint density at radius 2 is 1.83 bits per heavy atom. The zero-order valence-corrected chi connectivity index (χ0v) is 22.3. The molecule has 1 aliphatic carbocycles. The van der Waals surface area contributed by atoms with Gasteiger partial charge in [-0.2, -0.15) is 0 Å². The molecule has 0 atom stereocenters. The van der Waals surface area contributed by atoms with Crippen molar-refractivity contribution in [3.05, 3.63) is 75.9 Å². The van der Waals surface area contributed by atoms with Crippen molar-refractivity contribution in [2.75, 3.05) is 33.4 Å². The third-order valence-electron chi connectivity index (χ3n) is 8.17. The van der Waals surface area contributed by atoms with E-state index in [1.54, 1.807) is 5.57 Å². The van der Waals surface area contributed by atoms with Gasteiger partial charge in [0.2, 0.25) is 0 Å². The normalized spacial score (nSPS) is 16.6. The predicted molar refractivity (Wildman–Crippen MR) is 146 cm³/mol. The van der Waals surface area contributed by atoms with Gasteiger partial charge in [-0.15, -0.1) is 0 Å². The molecule has 0 bridgehead atoms. The number of likely N-dealkylation sites (tertiary alicyclic amines) is 1. The molecular weight excluding hydrogens is 449 g/mol. The Hall–Kier alpha value is -2.46. The molecule has 36 heavy (non-hydrogen) atoms. The largest absolute Gasteiger partial charge is 0.465 e. The van der Waals surface area contributed by atoms with E-state index in [0.29, 0.717) is 23.8 Å². The second-order valence-electron chi connectivity index (χ2n) is 10.7. The topological polar surface area (TPSA) is 29.5 Å². The standard InChI is InChI=1S/C32H42FNO2/c1-4-23(5-2)19-28-9-6-8-27-20-29(32(35)36-3)14-15-30(27)31(28)26-12-10-24(11-13-26)18-25-21-34(22-25)17-7-16-33/h10-15,20,23,25H,4-9,16-19,21-22H2,1-3H3. The third-order valence-corrected chi connectivity index (χ3v) is 8.17. The van der Waals surface area contributed by atoms with Crippen LogP contribution in [0.15, 0.2) is 48.0 Å². The third kappa shape index (κ3) is 6.26. The molecule has 0 unspecified atom stereocenters. The molecule has 1 fully saturated rings. The first-order valence-electron chi connectivity index (χ1n) is 13.9. The van der Waals surface area contributed by atoms with E-state index in [9.17, 15) is 9.18 Å². The molecule has 2 aliphatic rings. The summed E-state index contributed by atoms with van der Waals surface area (Å²) in [6, 6.07) is 15.3. The Morgan fingerprint density at radius 3 is 2.50 bits per heavy atom. The van der Waals surface area contributed by atoms with Gasteiger partial charge in [-0.05, 0) is 90.3 Å². The quantitative estimate of drug-likeness (QED) is 0.310. The number of esters is 1. The Morgan fingerprint density at radius 1 is 1.08 bits per heavy atom. The first-order valence-corrected chi connectivity index (χ1v) is 13.9. The minimum atomic E-state index is -0.270. The lowest BCUT2D eigenvalue weighted by atomic mass is 9.84. The molecule has 3 nitrogen and oxygen atoms in total. The van der Waals surface area contributed by atoms with Gasteiger partial charge in [0, 0.05) is 19.6 Å². The zero-order chi connectivity index (χ0) is 25.5. The van der Waals surface area contributed by atoms with Crippen LogP contribution in [0.1, 0.15) is 85.0 Å². The molecule has 0 N–H and O–H groups in total. The number of methoxy groups -OCH3 is 1. The van der Waals surface area contributed by atoms with Gasteiger partial charge in [0.25, 0.3) is 0 Å². The van der Waals surface area contributed by atoms with Crippen LogP contribution in [0.5, 0.6) is 0 Å². The molecule has 4 heteroatoms. The van der Waals surface area contributed by atoms with Gasteiger partial charge in [0.15, 0.2) is 0 Å². The number of aryl methyl sites for hydroxylation is 1. The Balaban J connectivity index is 1.61. The van der Waals surface area contributed by atoms with Gasteiger partial charge in [-0.3, -0.25) is 4.39 Å². The van der Waals surface area contributed by atoms with Crippen molar-refractivity contribution in [1.82, 2.24) is 4.90 Å². The number of ether oxygens (including phenoxy) is 1. The number of carbonyl (C=O) groups excluding carboxylic acids is 1. The number of fused-ring (bicyclic) bond motifs is 1. The summed E-state index contributed by atoms with van der Waals surface area (Å²) in [5, 5.41) is 0. The number of hydrogen-bond donors (Lipinski definition) is 0. The van der Waals surface area contributed by atoms with E-state index in [0.717, 1.165) is 51.7 Å². The Kier molecular flexibility index (Phi) is 9.36. The van der Waals surface area contributed by atoms with Crippen molar-refractivity contribution in [3.63, 3.8) is 0 Å². The molecule has 1 saturated heterocycles. The minimum absolute atomic E-state index is 0.217. The predicted octanol–water partition coefficient (Wildman–Crippen LogP) is 7.27. The highest BCUT2D eigenvalue weighted by molar-refractivity contribution is 5.91. The highest BCUT2D eigenvalue weighted by Crippen LogP contribution is 2.39. The second kappa shape index (κ2) is 12.7. The molecular formula is C32H42FNO2. The van der Waals surface area contributed by atoms with Crippen LogP contribution in [0.3, 0.4) is 0 Å². The fraction of sp³-hybridized carbons (Fsp3) is 0.531. The number of carbonyl (C=O) groups is 1. The molecule has 0 radical (unpaired) electrons. The number of halogens is 1. The van der Waals surface area contributed by atoms with Crippen molar-refractivity contribution in [3.8, 4) is 0 Å². The number of rotatable bonds is 11. The van der Waals surface area contributed by atoms with E-state index in [1.807, 2.05) is 12.1 Å². The maximum Gasteiger partial charge on any atom is 0.337 e. The van der Waals surface area contributed by atoms with Crippen molar-refractivity contribution in [2.45, 2.75) is 65.2 Å². The summed E-state index contributed by atoms with van der Waals surface area (Å²) in [6.45, 7) is 7.44. The van der Waals surface area contributed by atoms with E-state index in [-0.39, 0.29) is 12.6 Å². The summed E-state index contributed by atoms with van der Waals surface area (Å²) in [5.74, 6) is 1.10. The number of allylic oxidation sites excluding steroid dienone is 1. The maximum atomic E-state index is 12.4. The highest BCUT2D eigenvalue weighted by atomic mass is 19.1. The number of benzene rings is 2. The smallest absolute Gasteiger partial charge is 0.337 e. The molecule has 0 saturated carbocycles. The summed E-state index contributed by atoms with van der Waals surface area (Å²) < 4.78 is 17.4. The first kappa shape index (κ1) is 26.6. The molecule has 2 aromatic rings. The fourth-order valence-electron chi connectivity index (χ4n) is 6.00. The van der Waals surface area contributed by atoms with Gasteiger partial charge >= 0.3 is 5.97 Å². The Bertz CT molecular complexity index is 1050.